The van der Waals surface area contributed by atoms with Crippen LogP contribution in [0.5, 0.6) is 0 Å². The first kappa shape index (κ1) is 12.0. The quantitative estimate of drug-likeness (QED) is 0.725. The van der Waals surface area contributed by atoms with Crippen molar-refractivity contribution in [2.45, 2.75) is 6.42 Å². The van der Waals surface area contributed by atoms with Crippen LogP contribution in [0.25, 0.3) is 5.65 Å². The van der Waals surface area contributed by atoms with E-state index in [1.165, 1.54) is 18.3 Å². The Bertz CT molecular complexity index is 757. The van der Waals surface area contributed by atoms with Crippen LogP contribution in [0.4, 0.5) is 8.78 Å². The molecule has 2 heterocycles. The van der Waals surface area contributed by atoms with Crippen molar-refractivity contribution in [2.24, 2.45) is 0 Å². The maximum Gasteiger partial charge on any atom is 0.198 e. The highest BCUT2D eigenvalue weighted by atomic mass is 35.5. The van der Waals surface area contributed by atoms with Crippen molar-refractivity contribution in [3.8, 4) is 0 Å². The molecule has 19 heavy (non-hydrogen) atoms. The molecule has 4 nitrogen and oxygen atoms in total. The van der Waals surface area contributed by atoms with Gasteiger partial charge < -0.3 is 0 Å². The molecule has 0 aliphatic carbocycles. The molecule has 0 aliphatic rings. The average Bonchev–Trinajstić information content (AvgIpc) is 2.78. The third-order valence-corrected chi connectivity index (χ3v) is 2.98. The molecule has 3 rings (SSSR count). The zero-order valence-electron chi connectivity index (χ0n) is 9.52. The fraction of sp³-hybridized carbons (Fsp3) is 0.0833. The summed E-state index contributed by atoms with van der Waals surface area (Å²) in [6, 6.07) is 3.43. The van der Waals surface area contributed by atoms with Gasteiger partial charge in [0.15, 0.2) is 10.8 Å². The number of benzene rings is 1. The molecule has 2 aromatic heterocycles. The van der Waals surface area contributed by atoms with E-state index in [-0.39, 0.29) is 11.6 Å². The Morgan fingerprint density at radius 1 is 1.21 bits per heavy atom. The Morgan fingerprint density at radius 2 is 2.05 bits per heavy atom. The topological polar surface area (TPSA) is 43.1 Å². The van der Waals surface area contributed by atoms with Crippen LogP contribution in [0.2, 0.25) is 5.15 Å². The molecule has 0 atom stereocenters. The molecule has 96 valence electrons. The van der Waals surface area contributed by atoms with Gasteiger partial charge in [0.1, 0.15) is 17.5 Å². The first-order chi connectivity index (χ1) is 9.15. The summed E-state index contributed by atoms with van der Waals surface area (Å²) >= 11 is 5.87. The SMILES string of the molecule is Fc1ccc(Cc2nnc3c(Cl)nccn23)c(F)c1. The average molecular weight is 281 g/mol. The standard InChI is InChI=1S/C12H7ClF2N4/c13-11-12-18-17-10(19(12)4-3-16-11)5-7-1-2-8(14)6-9(7)15/h1-4,6H,5H2. The van der Waals surface area contributed by atoms with Crippen molar-refractivity contribution in [3.05, 3.63) is 58.8 Å². The van der Waals surface area contributed by atoms with Crippen molar-refractivity contribution in [2.75, 3.05) is 0 Å². The lowest BCUT2D eigenvalue weighted by Crippen LogP contribution is -1.99. The lowest BCUT2D eigenvalue weighted by Gasteiger charge is -2.02. The minimum Gasteiger partial charge on any atom is -0.282 e. The summed E-state index contributed by atoms with van der Waals surface area (Å²) in [7, 11) is 0. The molecule has 0 fully saturated rings. The summed E-state index contributed by atoms with van der Waals surface area (Å²) in [6.45, 7) is 0. The maximum atomic E-state index is 13.6. The summed E-state index contributed by atoms with van der Waals surface area (Å²) < 4.78 is 28.0. The van der Waals surface area contributed by atoms with E-state index in [2.05, 4.69) is 15.2 Å². The molecule has 0 bridgehead atoms. The van der Waals surface area contributed by atoms with Gasteiger partial charge in [0, 0.05) is 24.9 Å². The molecule has 3 aromatic rings. The molecular weight excluding hydrogens is 274 g/mol. The molecule has 0 radical (unpaired) electrons. The Hall–Kier alpha value is -2.08. The highest BCUT2D eigenvalue weighted by Gasteiger charge is 2.12. The summed E-state index contributed by atoms with van der Waals surface area (Å²) in [5.74, 6) is -0.721. The van der Waals surface area contributed by atoms with Gasteiger partial charge in [0.2, 0.25) is 0 Å². The van der Waals surface area contributed by atoms with E-state index in [4.69, 9.17) is 11.6 Å². The number of hydrogen-bond donors (Lipinski definition) is 0. The molecule has 0 unspecified atom stereocenters. The molecule has 0 saturated carbocycles. The monoisotopic (exact) mass is 280 g/mol. The van der Waals surface area contributed by atoms with E-state index in [1.807, 2.05) is 0 Å². The van der Waals surface area contributed by atoms with E-state index in [0.717, 1.165) is 6.07 Å². The number of aromatic nitrogens is 4. The zero-order chi connectivity index (χ0) is 13.4. The number of halogens is 3. The highest BCUT2D eigenvalue weighted by Crippen LogP contribution is 2.17. The van der Waals surface area contributed by atoms with Crippen LogP contribution in [0.3, 0.4) is 0 Å². The summed E-state index contributed by atoms with van der Waals surface area (Å²) in [5.41, 5.74) is 0.741. The second-order valence-corrected chi connectivity index (χ2v) is 4.30. The third-order valence-electron chi connectivity index (χ3n) is 2.72. The summed E-state index contributed by atoms with van der Waals surface area (Å²) in [5, 5.41) is 8.05. The van der Waals surface area contributed by atoms with Crippen LogP contribution < -0.4 is 0 Å². The van der Waals surface area contributed by atoms with Crippen molar-refractivity contribution < 1.29 is 8.78 Å². The van der Waals surface area contributed by atoms with Gasteiger partial charge in [-0.25, -0.2) is 13.8 Å². The Kier molecular flexibility index (Phi) is 2.87. The summed E-state index contributed by atoms with van der Waals surface area (Å²) in [4.78, 5) is 3.88. The Morgan fingerprint density at radius 3 is 2.84 bits per heavy atom. The largest absolute Gasteiger partial charge is 0.282 e. The molecule has 0 saturated heterocycles. The van der Waals surface area contributed by atoms with Crippen molar-refractivity contribution in [1.82, 2.24) is 19.6 Å². The number of fused-ring (bicyclic) bond motifs is 1. The maximum absolute atomic E-state index is 13.6. The lowest BCUT2D eigenvalue weighted by molar-refractivity contribution is 0.573. The minimum atomic E-state index is -0.614. The van der Waals surface area contributed by atoms with Crippen LogP contribution in [0.1, 0.15) is 11.4 Å². The lowest BCUT2D eigenvalue weighted by atomic mass is 10.1. The van der Waals surface area contributed by atoms with Crippen LogP contribution >= 0.6 is 11.6 Å². The molecule has 0 amide bonds. The van der Waals surface area contributed by atoms with Crippen LogP contribution in [0, 0.1) is 11.6 Å². The third kappa shape index (κ3) is 2.15. The highest BCUT2D eigenvalue weighted by molar-refractivity contribution is 6.32. The van der Waals surface area contributed by atoms with Gasteiger partial charge in [0.05, 0.1) is 0 Å². The smallest absolute Gasteiger partial charge is 0.198 e. The van der Waals surface area contributed by atoms with Crippen molar-refractivity contribution in [1.29, 1.82) is 0 Å². The van der Waals surface area contributed by atoms with E-state index in [0.29, 0.717) is 17.0 Å². The van der Waals surface area contributed by atoms with E-state index in [1.54, 1.807) is 10.6 Å². The zero-order valence-corrected chi connectivity index (χ0v) is 10.3. The van der Waals surface area contributed by atoms with Gasteiger partial charge in [-0.15, -0.1) is 10.2 Å². The molecule has 0 aliphatic heterocycles. The normalized spacial score (nSPS) is 11.1. The number of rotatable bonds is 2. The fourth-order valence-corrected chi connectivity index (χ4v) is 1.99. The minimum absolute atomic E-state index is 0.188. The van der Waals surface area contributed by atoms with Gasteiger partial charge in [-0.2, -0.15) is 0 Å². The second kappa shape index (κ2) is 4.55. The fourth-order valence-electron chi connectivity index (χ4n) is 1.80. The number of hydrogen-bond acceptors (Lipinski definition) is 3. The predicted molar refractivity (Wildman–Crippen MR) is 65.0 cm³/mol. The van der Waals surface area contributed by atoms with Crippen LogP contribution in [0.15, 0.2) is 30.6 Å². The Labute approximate surface area is 111 Å². The molecule has 0 spiro atoms. The van der Waals surface area contributed by atoms with E-state index >= 15 is 0 Å². The second-order valence-electron chi connectivity index (χ2n) is 3.94. The van der Waals surface area contributed by atoms with Crippen molar-refractivity contribution >= 4 is 17.2 Å². The molecule has 1 aromatic carbocycles. The molecule has 0 N–H and O–H groups in total. The van der Waals surface area contributed by atoms with Gasteiger partial charge in [-0.3, -0.25) is 4.40 Å². The predicted octanol–water partition coefficient (Wildman–Crippen LogP) is 2.65. The first-order valence-electron chi connectivity index (χ1n) is 5.43. The Balaban J connectivity index is 2.04. The first-order valence-corrected chi connectivity index (χ1v) is 5.81. The van der Waals surface area contributed by atoms with Crippen LogP contribution in [-0.4, -0.2) is 19.6 Å². The van der Waals surface area contributed by atoms with Gasteiger partial charge in [0.25, 0.3) is 0 Å². The van der Waals surface area contributed by atoms with E-state index < -0.39 is 11.6 Å². The molecular formula is C12H7ClF2N4. The van der Waals surface area contributed by atoms with Crippen molar-refractivity contribution in [3.63, 3.8) is 0 Å². The summed E-state index contributed by atoms with van der Waals surface area (Å²) in [6.07, 6.45) is 3.33. The van der Waals surface area contributed by atoms with Gasteiger partial charge in [-0.1, -0.05) is 17.7 Å². The molecule has 7 heteroatoms. The van der Waals surface area contributed by atoms with Crippen LogP contribution in [-0.2, 0) is 6.42 Å². The van der Waals surface area contributed by atoms with E-state index in [9.17, 15) is 8.78 Å². The van der Waals surface area contributed by atoms with Gasteiger partial charge in [-0.05, 0) is 11.6 Å². The van der Waals surface area contributed by atoms with Gasteiger partial charge >= 0.3 is 0 Å². The number of nitrogens with zero attached hydrogens (tertiary/aromatic N) is 4.